The Hall–Kier alpha value is -1.41. The zero-order chi connectivity index (χ0) is 24.1. The fourth-order valence-corrected chi connectivity index (χ4v) is 6.23. The van der Waals surface area contributed by atoms with Crippen molar-refractivity contribution in [3.63, 3.8) is 0 Å². The van der Waals surface area contributed by atoms with Crippen LogP contribution in [-0.2, 0) is 0 Å². The van der Waals surface area contributed by atoms with Crippen molar-refractivity contribution >= 4 is 11.3 Å². The molecule has 1 unspecified atom stereocenters. The van der Waals surface area contributed by atoms with E-state index in [9.17, 15) is 0 Å². The van der Waals surface area contributed by atoms with Crippen LogP contribution in [0.25, 0.3) is 5.57 Å². The fraction of sp³-hybridized carbons (Fsp3) is 0.636. The van der Waals surface area contributed by atoms with Gasteiger partial charge in [-0.05, 0) is 18.6 Å². The summed E-state index contributed by atoms with van der Waals surface area (Å²) in [4.78, 5) is 5.34. The van der Waals surface area contributed by atoms with Crippen LogP contribution in [0, 0.1) is 6.08 Å². The molecule has 1 aromatic carbocycles. The molecule has 1 fully saturated rings. The minimum absolute atomic E-state index is 0. The van der Waals surface area contributed by atoms with Crippen molar-refractivity contribution in [3.8, 4) is 0 Å². The van der Waals surface area contributed by atoms with Crippen LogP contribution < -0.4 is 21.9 Å². The average Bonchev–Trinajstić information content (AvgIpc) is 3.33. The number of para-hydroxylation sites is 1. The maximum absolute atomic E-state index is 3.55. The smallest absolute Gasteiger partial charge is 0.163 e. The Labute approximate surface area is 232 Å². The van der Waals surface area contributed by atoms with Crippen LogP contribution in [0.3, 0.4) is 0 Å². The Balaban J connectivity index is 0.00000361. The zero-order valence-corrected chi connectivity index (χ0v) is 24.4. The highest BCUT2D eigenvalue weighted by molar-refractivity contribution is 5.91. The van der Waals surface area contributed by atoms with Crippen molar-refractivity contribution in [1.29, 1.82) is 0 Å². The molecule has 0 amide bonds. The minimum Gasteiger partial charge on any atom is -1.00 e. The maximum Gasteiger partial charge on any atom is 0.163 e. The van der Waals surface area contributed by atoms with E-state index in [0.717, 1.165) is 6.54 Å². The molecule has 1 saturated heterocycles. The van der Waals surface area contributed by atoms with E-state index in [2.05, 4.69) is 65.3 Å². The molecule has 3 heteroatoms. The van der Waals surface area contributed by atoms with Gasteiger partial charge in [-0.15, -0.1) is 0 Å². The predicted octanol–water partition coefficient (Wildman–Crippen LogP) is 6.10. The minimum atomic E-state index is 0. The lowest BCUT2D eigenvalue weighted by molar-refractivity contribution is -0.00000720. The lowest BCUT2D eigenvalue weighted by Gasteiger charge is -2.35. The number of benzene rings is 1. The molecule has 2 nitrogen and oxygen atoms in total. The summed E-state index contributed by atoms with van der Waals surface area (Å²) in [6.07, 6.45) is 33.4. The normalized spacial score (nSPS) is 18.0. The van der Waals surface area contributed by atoms with Gasteiger partial charge in [0.1, 0.15) is 6.17 Å². The molecular formula is C33H49BrN2. The number of unbranched alkanes of at least 4 members (excludes halogenated alkanes) is 15. The Morgan fingerprint density at radius 1 is 0.750 bits per heavy atom. The molecule has 0 aromatic heterocycles. The number of rotatable bonds is 17. The van der Waals surface area contributed by atoms with Crippen LogP contribution in [0.4, 0.5) is 5.69 Å². The number of nitrogens with zero attached hydrogens (tertiary/aromatic N) is 2. The summed E-state index contributed by atoms with van der Waals surface area (Å²) < 4.78 is 0. The van der Waals surface area contributed by atoms with Gasteiger partial charge in [-0.25, -0.2) is 0 Å². The van der Waals surface area contributed by atoms with Crippen molar-refractivity contribution in [3.05, 3.63) is 59.7 Å². The van der Waals surface area contributed by atoms with E-state index in [1.54, 1.807) is 0 Å². The molecule has 0 radical (unpaired) electrons. The topological polar surface area (TPSA) is 6.48 Å². The molecule has 0 bridgehead atoms. The zero-order valence-electron chi connectivity index (χ0n) is 22.8. The van der Waals surface area contributed by atoms with Gasteiger partial charge in [0, 0.05) is 37.9 Å². The van der Waals surface area contributed by atoms with Gasteiger partial charge in [-0.1, -0.05) is 115 Å². The van der Waals surface area contributed by atoms with Crippen molar-refractivity contribution < 1.29 is 17.0 Å². The van der Waals surface area contributed by atoms with Gasteiger partial charge in [-0.3, -0.25) is 4.90 Å². The van der Waals surface area contributed by atoms with Crippen molar-refractivity contribution in [2.75, 3.05) is 24.5 Å². The molecule has 2 heterocycles. The summed E-state index contributed by atoms with van der Waals surface area (Å²) in [6, 6.07) is 8.90. The molecule has 1 aromatic rings. The van der Waals surface area contributed by atoms with Gasteiger partial charge >= 0.3 is 0 Å². The van der Waals surface area contributed by atoms with Crippen LogP contribution >= 0.6 is 0 Å². The quantitative estimate of drug-likeness (QED) is 0.170. The van der Waals surface area contributed by atoms with E-state index in [-0.39, 0.29) is 17.0 Å². The van der Waals surface area contributed by atoms with E-state index < -0.39 is 0 Å². The number of anilines is 1. The number of halogens is 1. The van der Waals surface area contributed by atoms with Gasteiger partial charge < -0.3 is 21.9 Å². The van der Waals surface area contributed by atoms with Crippen LogP contribution in [0.1, 0.15) is 115 Å². The Kier molecular flexibility index (Phi) is 13.3. The monoisotopic (exact) mass is 552 g/mol. The summed E-state index contributed by atoms with van der Waals surface area (Å²) in [5, 5.41) is 0. The number of hydrogen-bond donors (Lipinski definition) is 0. The summed E-state index contributed by atoms with van der Waals surface area (Å²) in [7, 11) is 0. The van der Waals surface area contributed by atoms with E-state index in [4.69, 9.17) is 0 Å². The average molecular weight is 554 g/mol. The van der Waals surface area contributed by atoms with E-state index in [0.29, 0.717) is 6.17 Å². The Morgan fingerprint density at radius 2 is 1.33 bits per heavy atom. The summed E-state index contributed by atoms with van der Waals surface area (Å²) >= 11 is 0. The lowest BCUT2D eigenvalue weighted by atomic mass is 9.87. The van der Waals surface area contributed by atoms with Gasteiger partial charge in [-0.2, -0.15) is 0 Å². The van der Waals surface area contributed by atoms with Crippen LogP contribution in [0.2, 0.25) is 0 Å². The molecule has 2 aliphatic heterocycles. The van der Waals surface area contributed by atoms with Crippen molar-refractivity contribution in [2.24, 2.45) is 0 Å². The van der Waals surface area contributed by atoms with Crippen LogP contribution in [0.15, 0.2) is 48.1 Å². The number of allylic oxidation sites excluding steroid dienone is 4. The second kappa shape index (κ2) is 16.4. The van der Waals surface area contributed by atoms with E-state index >= 15 is 0 Å². The molecule has 1 atom stereocenters. The summed E-state index contributed by atoms with van der Waals surface area (Å²) in [5.74, 6) is 0. The fourth-order valence-electron chi connectivity index (χ4n) is 6.23. The highest BCUT2D eigenvalue weighted by Gasteiger charge is 2.45. The van der Waals surface area contributed by atoms with Crippen molar-refractivity contribution in [2.45, 2.75) is 116 Å². The summed E-state index contributed by atoms with van der Waals surface area (Å²) in [6.45, 7) is 5.83. The first-order valence-electron chi connectivity index (χ1n) is 15.0. The van der Waals surface area contributed by atoms with Gasteiger partial charge in [0.05, 0.1) is 22.9 Å². The highest BCUT2D eigenvalue weighted by Crippen LogP contribution is 2.44. The predicted molar refractivity (Wildman–Crippen MR) is 153 cm³/mol. The number of fused-ring (bicyclic) bond motifs is 6. The second-order valence-corrected chi connectivity index (χ2v) is 10.9. The number of hydrogen-bond acceptors (Lipinski definition) is 2. The molecule has 36 heavy (non-hydrogen) atoms. The van der Waals surface area contributed by atoms with Crippen LogP contribution in [0.5, 0.6) is 0 Å². The molecular weight excluding hydrogens is 504 g/mol. The lowest BCUT2D eigenvalue weighted by Crippen LogP contribution is -3.00. The molecule has 4 rings (SSSR count). The first-order chi connectivity index (χ1) is 17.4. The third-order valence-electron chi connectivity index (χ3n) is 8.22. The van der Waals surface area contributed by atoms with Gasteiger partial charge in [0.25, 0.3) is 0 Å². The molecule has 0 N–H and O–H groups in total. The molecule has 0 spiro atoms. The van der Waals surface area contributed by atoms with Crippen molar-refractivity contribution in [1.82, 2.24) is 4.90 Å². The van der Waals surface area contributed by atoms with E-state index in [1.807, 2.05) is 0 Å². The third-order valence-corrected chi connectivity index (χ3v) is 8.22. The van der Waals surface area contributed by atoms with Crippen LogP contribution in [-0.4, -0.2) is 30.7 Å². The molecule has 0 saturated carbocycles. The van der Waals surface area contributed by atoms with Gasteiger partial charge in [0.15, 0.2) is 5.57 Å². The molecule has 3 aliphatic rings. The Bertz CT molecular complexity index is 855. The SMILES string of the molecule is CCCCCCCCCCCCCCCCCCN1CCN2c3ccccc3C3=[C+]C=CC=C3C12.[Br-]. The summed E-state index contributed by atoms with van der Waals surface area (Å²) in [5.41, 5.74) is 5.49. The van der Waals surface area contributed by atoms with Gasteiger partial charge in [0.2, 0.25) is 0 Å². The first kappa shape index (κ1) is 29.2. The molecule has 198 valence electrons. The standard InChI is InChI=1S/C33H49N2.BrH/c1-2-3-4-5-6-7-8-9-10-11-12-13-14-15-16-21-26-34-27-28-35-32-25-20-19-23-30(32)29-22-17-18-24-31(29)33(34)35;/h17-20,23-25,33H,2-16,21,26-28H2,1H3;1H/q+1;/p-1. The maximum atomic E-state index is 3.55. The highest BCUT2D eigenvalue weighted by atomic mass is 79.9. The Morgan fingerprint density at radius 3 is 1.97 bits per heavy atom. The third kappa shape index (κ3) is 8.04. The molecule has 1 aliphatic carbocycles. The first-order valence-corrected chi connectivity index (χ1v) is 15.0. The van der Waals surface area contributed by atoms with E-state index in [1.165, 1.54) is 138 Å². The second-order valence-electron chi connectivity index (χ2n) is 10.9. The largest absolute Gasteiger partial charge is 1.00 e.